The number of hydrogen-bond donors (Lipinski definition) is 1. The minimum Gasteiger partial charge on any atom is -0.444 e. The summed E-state index contributed by atoms with van der Waals surface area (Å²) < 4.78 is 24.9. The Morgan fingerprint density at radius 2 is 2.08 bits per heavy atom. The Morgan fingerprint density at radius 1 is 1.42 bits per heavy atom. The van der Waals surface area contributed by atoms with E-state index < -0.39 is 11.7 Å². The van der Waals surface area contributed by atoms with Gasteiger partial charge >= 0.3 is 6.09 Å². The van der Waals surface area contributed by atoms with Gasteiger partial charge in [-0.1, -0.05) is 18.5 Å². The van der Waals surface area contributed by atoms with Gasteiger partial charge in [-0.3, -0.25) is 0 Å². The number of rotatable bonds is 4. The van der Waals surface area contributed by atoms with Crippen molar-refractivity contribution in [2.24, 2.45) is 5.92 Å². The number of ether oxygens (including phenoxy) is 2. The lowest BCUT2D eigenvalue weighted by Gasteiger charge is -2.32. The highest BCUT2D eigenvalue weighted by atomic mass is 19.1. The molecule has 1 fully saturated rings. The Balaban J connectivity index is 2.22. The number of carbonyl (C=O) groups is 1. The summed E-state index contributed by atoms with van der Waals surface area (Å²) in [5, 5.41) is 2.91. The van der Waals surface area contributed by atoms with Crippen LogP contribution in [0.25, 0.3) is 0 Å². The SMILES string of the molecule is [B]Cc1ccc(C(NC(=O)OC(C)(C)C)C2CCOCC2)cc1F. The molecule has 1 unspecified atom stereocenters. The molecule has 0 spiro atoms. The number of carbonyl (C=O) groups excluding carboxylic acids is 1. The van der Waals surface area contributed by atoms with Crippen molar-refractivity contribution >= 4 is 13.9 Å². The number of hydrogen-bond acceptors (Lipinski definition) is 3. The van der Waals surface area contributed by atoms with Crippen LogP contribution < -0.4 is 5.32 Å². The fourth-order valence-corrected chi connectivity index (χ4v) is 2.88. The molecule has 1 aliphatic heterocycles. The van der Waals surface area contributed by atoms with E-state index >= 15 is 0 Å². The van der Waals surface area contributed by atoms with E-state index in [1.807, 2.05) is 26.8 Å². The van der Waals surface area contributed by atoms with Crippen molar-refractivity contribution in [3.05, 3.63) is 35.1 Å². The normalized spacial score (nSPS) is 17.3. The molecule has 0 saturated carbocycles. The number of halogens is 1. The third-order valence-electron chi connectivity index (χ3n) is 4.07. The molecule has 1 aromatic carbocycles. The molecule has 1 aliphatic rings. The summed E-state index contributed by atoms with van der Waals surface area (Å²) in [5.41, 5.74) is 0.600. The molecule has 24 heavy (non-hydrogen) atoms. The quantitative estimate of drug-likeness (QED) is 0.858. The first-order valence-electron chi connectivity index (χ1n) is 8.36. The smallest absolute Gasteiger partial charge is 0.408 e. The van der Waals surface area contributed by atoms with Crippen LogP contribution in [0.5, 0.6) is 0 Å². The lowest BCUT2D eigenvalue weighted by atomic mass is 9.86. The first-order chi connectivity index (χ1) is 11.3. The standard InChI is InChI=1S/C18H25BFNO3/c1-18(2,3)24-17(22)21-16(12-6-8-23-9-7-12)13-4-5-14(11-19)15(20)10-13/h4-5,10,12,16H,6-9,11H2,1-3H3,(H,21,22). The average molecular weight is 333 g/mol. The molecule has 4 nitrogen and oxygen atoms in total. The highest BCUT2D eigenvalue weighted by molar-refractivity contribution is 6.08. The maximum Gasteiger partial charge on any atom is 0.408 e. The van der Waals surface area contributed by atoms with Gasteiger partial charge in [-0.25, -0.2) is 9.18 Å². The zero-order valence-corrected chi connectivity index (χ0v) is 14.6. The first kappa shape index (κ1) is 18.8. The van der Waals surface area contributed by atoms with E-state index in [9.17, 15) is 9.18 Å². The lowest BCUT2D eigenvalue weighted by molar-refractivity contribution is 0.0348. The van der Waals surface area contributed by atoms with Gasteiger partial charge in [0.1, 0.15) is 11.4 Å². The highest BCUT2D eigenvalue weighted by Gasteiger charge is 2.29. The molecule has 1 N–H and O–H groups in total. The fraction of sp³-hybridized carbons (Fsp3) is 0.611. The van der Waals surface area contributed by atoms with Crippen LogP contribution in [0, 0.1) is 11.7 Å². The van der Waals surface area contributed by atoms with E-state index in [1.165, 1.54) is 6.07 Å². The summed E-state index contributed by atoms with van der Waals surface area (Å²) in [6.07, 6.45) is 1.26. The Kier molecular flexibility index (Phi) is 6.27. The molecule has 1 saturated heterocycles. The molecule has 2 rings (SSSR count). The molecule has 2 radical (unpaired) electrons. The monoisotopic (exact) mass is 333 g/mol. The van der Waals surface area contributed by atoms with Gasteiger partial charge < -0.3 is 14.8 Å². The average Bonchev–Trinajstić information content (AvgIpc) is 2.51. The maximum atomic E-state index is 14.1. The van der Waals surface area contributed by atoms with Gasteiger partial charge in [-0.2, -0.15) is 0 Å². The van der Waals surface area contributed by atoms with Crippen LogP contribution in [-0.4, -0.2) is 32.8 Å². The molecule has 1 atom stereocenters. The third kappa shape index (κ3) is 5.23. The minimum atomic E-state index is -0.584. The van der Waals surface area contributed by atoms with Crippen molar-refractivity contribution in [3.63, 3.8) is 0 Å². The Bertz CT molecular complexity index is 568. The second kappa shape index (κ2) is 8.01. The molecule has 0 bridgehead atoms. The van der Waals surface area contributed by atoms with Gasteiger partial charge in [0.05, 0.1) is 13.9 Å². The molecular weight excluding hydrogens is 308 g/mol. The van der Waals surface area contributed by atoms with Gasteiger partial charge in [0, 0.05) is 13.2 Å². The van der Waals surface area contributed by atoms with E-state index in [4.69, 9.17) is 17.3 Å². The summed E-state index contributed by atoms with van der Waals surface area (Å²) >= 11 is 0. The van der Waals surface area contributed by atoms with Crippen LogP contribution in [0.3, 0.4) is 0 Å². The van der Waals surface area contributed by atoms with Crippen LogP contribution in [0.15, 0.2) is 18.2 Å². The van der Waals surface area contributed by atoms with Crippen molar-refractivity contribution in [3.8, 4) is 0 Å². The molecule has 1 aromatic rings. The number of nitrogens with one attached hydrogen (secondary N) is 1. The van der Waals surface area contributed by atoms with E-state index in [0.717, 1.165) is 18.4 Å². The first-order valence-corrected chi connectivity index (χ1v) is 8.36. The van der Waals surface area contributed by atoms with E-state index in [-0.39, 0.29) is 24.1 Å². The Labute approximate surface area is 144 Å². The van der Waals surface area contributed by atoms with Gasteiger partial charge in [0.2, 0.25) is 0 Å². The van der Waals surface area contributed by atoms with Gasteiger partial charge in [-0.15, -0.1) is 0 Å². The zero-order valence-electron chi connectivity index (χ0n) is 14.6. The van der Waals surface area contributed by atoms with E-state index in [0.29, 0.717) is 18.8 Å². The maximum absolute atomic E-state index is 14.1. The molecule has 0 aromatic heterocycles. The predicted octanol–water partition coefficient (Wildman–Crippen LogP) is 3.49. The molecule has 0 aliphatic carbocycles. The number of alkyl carbamates (subject to hydrolysis) is 1. The zero-order chi connectivity index (χ0) is 17.7. The number of benzene rings is 1. The predicted molar refractivity (Wildman–Crippen MR) is 91.5 cm³/mol. The van der Waals surface area contributed by atoms with Gasteiger partial charge in [0.15, 0.2) is 0 Å². The third-order valence-corrected chi connectivity index (χ3v) is 4.07. The van der Waals surface area contributed by atoms with Crippen LogP contribution in [0.2, 0.25) is 0 Å². The molecule has 130 valence electrons. The van der Waals surface area contributed by atoms with Gasteiger partial charge in [-0.05, 0) is 56.7 Å². The van der Waals surface area contributed by atoms with Crippen molar-refractivity contribution in [1.29, 1.82) is 0 Å². The molecular formula is C18H25BFNO3. The van der Waals surface area contributed by atoms with Crippen molar-refractivity contribution < 1.29 is 18.7 Å². The minimum absolute atomic E-state index is 0.146. The fourth-order valence-electron chi connectivity index (χ4n) is 2.88. The van der Waals surface area contributed by atoms with Crippen molar-refractivity contribution in [2.75, 3.05) is 13.2 Å². The molecule has 1 heterocycles. The summed E-state index contributed by atoms with van der Waals surface area (Å²) in [5.74, 6) is -0.174. The largest absolute Gasteiger partial charge is 0.444 e. The van der Waals surface area contributed by atoms with Crippen LogP contribution in [0.1, 0.15) is 50.8 Å². The number of amides is 1. The summed E-state index contributed by atoms with van der Waals surface area (Å²) in [7, 11) is 5.52. The second-order valence-electron chi connectivity index (χ2n) is 7.13. The van der Waals surface area contributed by atoms with Crippen molar-refractivity contribution in [2.45, 2.75) is 51.6 Å². The van der Waals surface area contributed by atoms with Gasteiger partial charge in [0.25, 0.3) is 0 Å². The molecule has 1 amide bonds. The van der Waals surface area contributed by atoms with Crippen LogP contribution in [0.4, 0.5) is 9.18 Å². The Hall–Kier alpha value is -1.56. The lowest BCUT2D eigenvalue weighted by Crippen LogP contribution is -2.39. The summed E-state index contributed by atoms with van der Waals surface area (Å²) in [6.45, 7) is 6.71. The molecule has 6 heteroatoms. The topological polar surface area (TPSA) is 47.6 Å². The highest BCUT2D eigenvalue weighted by Crippen LogP contribution is 2.31. The van der Waals surface area contributed by atoms with Crippen LogP contribution >= 0.6 is 0 Å². The summed E-state index contributed by atoms with van der Waals surface area (Å²) in [4.78, 5) is 12.2. The second-order valence-corrected chi connectivity index (χ2v) is 7.13. The van der Waals surface area contributed by atoms with E-state index in [2.05, 4.69) is 5.32 Å². The van der Waals surface area contributed by atoms with E-state index in [1.54, 1.807) is 6.07 Å². The van der Waals surface area contributed by atoms with Crippen LogP contribution in [-0.2, 0) is 15.8 Å². The van der Waals surface area contributed by atoms with Crippen molar-refractivity contribution in [1.82, 2.24) is 5.32 Å². The Morgan fingerprint density at radius 3 is 2.62 bits per heavy atom. The summed E-state index contributed by atoms with van der Waals surface area (Å²) in [6, 6.07) is 4.64.